The van der Waals surface area contributed by atoms with Crippen LogP contribution >= 0.6 is 11.6 Å². The predicted octanol–water partition coefficient (Wildman–Crippen LogP) is 3.82. The summed E-state index contributed by atoms with van der Waals surface area (Å²) in [6, 6.07) is 15.2. The van der Waals surface area contributed by atoms with E-state index in [0.717, 1.165) is 16.9 Å². The zero-order chi connectivity index (χ0) is 14.2. The number of ether oxygens (including phenoxy) is 1. The summed E-state index contributed by atoms with van der Waals surface area (Å²) in [6.07, 6.45) is 1.74. The van der Waals surface area contributed by atoms with Gasteiger partial charge in [0.05, 0.1) is 7.11 Å². The monoisotopic (exact) mass is 283 g/mol. The smallest absolute Gasteiger partial charge is 0.118 e. The summed E-state index contributed by atoms with van der Waals surface area (Å²) in [5, 5.41) is 0.694. The van der Waals surface area contributed by atoms with E-state index in [2.05, 4.69) is 16.8 Å². The fraction of sp³-hybridized carbons (Fsp3) is 0.118. The molecule has 0 N–H and O–H groups in total. The van der Waals surface area contributed by atoms with Gasteiger partial charge in [-0.2, -0.15) is 0 Å². The largest absolute Gasteiger partial charge is 0.497 e. The molecule has 0 aliphatic heterocycles. The molecule has 3 heteroatoms. The second-order valence-corrected chi connectivity index (χ2v) is 4.43. The van der Waals surface area contributed by atoms with E-state index < -0.39 is 0 Å². The van der Waals surface area contributed by atoms with Crippen molar-refractivity contribution in [2.75, 3.05) is 13.7 Å². The van der Waals surface area contributed by atoms with E-state index >= 15 is 0 Å². The molecule has 20 heavy (non-hydrogen) atoms. The van der Waals surface area contributed by atoms with Crippen LogP contribution in [0.4, 0.5) is 0 Å². The van der Waals surface area contributed by atoms with Gasteiger partial charge in [0.2, 0.25) is 0 Å². The fourth-order valence-corrected chi connectivity index (χ4v) is 1.77. The Hall–Kier alpha value is -2.24. The first-order chi connectivity index (χ1) is 9.79. The van der Waals surface area contributed by atoms with Gasteiger partial charge in [-0.15, -0.1) is 0 Å². The highest BCUT2D eigenvalue weighted by atomic mass is 35.5. The Morgan fingerprint density at radius 1 is 1.15 bits per heavy atom. The third-order valence-corrected chi connectivity index (χ3v) is 2.97. The lowest BCUT2D eigenvalue weighted by molar-refractivity contribution is 0.415. The Balaban J connectivity index is 1.93. The van der Waals surface area contributed by atoms with Crippen molar-refractivity contribution < 1.29 is 4.74 Å². The second kappa shape index (κ2) is 7.37. The number of nitrogens with zero attached hydrogens (tertiary/aromatic N) is 1. The van der Waals surface area contributed by atoms with Gasteiger partial charge in [-0.1, -0.05) is 41.6 Å². The standard InChI is InChI=1S/C17H14ClNO/c1-20-16-10-8-14(9-11-16)5-4-12-19-13-15-6-2-3-7-17(15)18/h2-3,6-11,13H,12H2,1H3. The van der Waals surface area contributed by atoms with Crippen LogP contribution in [-0.2, 0) is 0 Å². The summed E-state index contributed by atoms with van der Waals surface area (Å²) in [7, 11) is 1.64. The molecular formula is C17H14ClNO. The maximum atomic E-state index is 6.02. The van der Waals surface area contributed by atoms with Crippen LogP contribution in [0.3, 0.4) is 0 Å². The number of benzene rings is 2. The molecule has 0 bridgehead atoms. The van der Waals surface area contributed by atoms with E-state index in [1.807, 2.05) is 48.5 Å². The van der Waals surface area contributed by atoms with Crippen LogP contribution in [-0.4, -0.2) is 19.9 Å². The van der Waals surface area contributed by atoms with Crippen molar-refractivity contribution >= 4 is 17.8 Å². The van der Waals surface area contributed by atoms with Crippen LogP contribution in [0.15, 0.2) is 53.5 Å². The summed E-state index contributed by atoms with van der Waals surface area (Å²) in [5.41, 5.74) is 1.85. The van der Waals surface area contributed by atoms with Gasteiger partial charge in [0.1, 0.15) is 12.3 Å². The van der Waals surface area contributed by atoms with E-state index in [-0.39, 0.29) is 0 Å². The average molecular weight is 284 g/mol. The Morgan fingerprint density at radius 2 is 1.90 bits per heavy atom. The van der Waals surface area contributed by atoms with Crippen molar-refractivity contribution in [3.05, 3.63) is 64.7 Å². The van der Waals surface area contributed by atoms with Crippen LogP contribution in [0.5, 0.6) is 5.75 Å². The molecule has 0 aliphatic rings. The molecule has 0 amide bonds. The first-order valence-electron chi connectivity index (χ1n) is 6.17. The van der Waals surface area contributed by atoms with Crippen LogP contribution in [0.1, 0.15) is 11.1 Å². The summed E-state index contributed by atoms with van der Waals surface area (Å²) >= 11 is 6.02. The van der Waals surface area contributed by atoms with Gasteiger partial charge in [0, 0.05) is 22.4 Å². The Kier molecular flexibility index (Phi) is 5.23. The highest BCUT2D eigenvalue weighted by Crippen LogP contribution is 2.12. The molecule has 100 valence electrons. The predicted molar refractivity (Wildman–Crippen MR) is 83.8 cm³/mol. The van der Waals surface area contributed by atoms with Gasteiger partial charge in [-0.05, 0) is 30.3 Å². The minimum atomic E-state index is 0.442. The zero-order valence-corrected chi connectivity index (χ0v) is 11.9. The molecule has 0 atom stereocenters. The topological polar surface area (TPSA) is 21.6 Å². The molecule has 2 aromatic rings. The molecule has 0 radical (unpaired) electrons. The van der Waals surface area contributed by atoms with Crippen LogP contribution in [0.2, 0.25) is 5.02 Å². The molecule has 2 rings (SSSR count). The molecule has 2 nitrogen and oxygen atoms in total. The Bertz CT molecular complexity index is 651. The molecule has 0 fully saturated rings. The van der Waals surface area contributed by atoms with Crippen LogP contribution in [0.25, 0.3) is 0 Å². The molecule has 2 aromatic carbocycles. The molecule has 0 saturated carbocycles. The normalized spacial score (nSPS) is 10.1. The number of halogens is 1. The summed E-state index contributed by atoms with van der Waals surface area (Å²) in [4.78, 5) is 4.24. The van der Waals surface area contributed by atoms with Crippen LogP contribution < -0.4 is 4.74 Å². The molecule has 0 aromatic heterocycles. The maximum absolute atomic E-state index is 6.02. The highest BCUT2D eigenvalue weighted by Gasteiger charge is 1.92. The maximum Gasteiger partial charge on any atom is 0.118 e. The first kappa shape index (κ1) is 14.2. The van der Waals surface area contributed by atoms with Gasteiger partial charge in [-0.25, -0.2) is 0 Å². The SMILES string of the molecule is COc1ccc(C#CCN=Cc2ccccc2Cl)cc1. The summed E-state index contributed by atoms with van der Waals surface area (Å²) in [6.45, 7) is 0.442. The second-order valence-electron chi connectivity index (χ2n) is 4.02. The molecule has 0 unspecified atom stereocenters. The first-order valence-corrected chi connectivity index (χ1v) is 6.54. The lowest BCUT2D eigenvalue weighted by Gasteiger charge is -1.97. The lowest BCUT2D eigenvalue weighted by Crippen LogP contribution is -1.84. The lowest BCUT2D eigenvalue weighted by atomic mass is 10.2. The Morgan fingerprint density at radius 3 is 2.60 bits per heavy atom. The van der Waals surface area contributed by atoms with Crippen molar-refractivity contribution in [2.45, 2.75) is 0 Å². The number of hydrogen-bond acceptors (Lipinski definition) is 2. The van der Waals surface area contributed by atoms with Gasteiger partial charge >= 0.3 is 0 Å². The number of hydrogen-bond donors (Lipinski definition) is 0. The minimum absolute atomic E-state index is 0.442. The minimum Gasteiger partial charge on any atom is -0.497 e. The van der Waals surface area contributed by atoms with Gasteiger partial charge in [-0.3, -0.25) is 4.99 Å². The van der Waals surface area contributed by atoms with Gasteiger partial charge in [0.25, 0.3) is 0 Å². The van der Waals surface area contributed by atoms with Crippen molar-refractivity contribution in [3.63, 3.8) is 0 Å². The van der Waals surface area contributed by atoms with Gasteiger partial charge < -0.3 is 4.74 Å². The third-order valence-electron chi connectivity index (χ3n) is 2.63. The zero-order valence-electron chi connectivity index (χ0n) is 11.1. The summed E-state index contributed by atoms with van der Waals surface area (Å²) < 4.78 is 5.09. The number of aliphatic imine (C=N–C) groups is 1. The third kappa shape index (κ3) is 4.15. The van der Waals surface area contributed by atoms with E-state index in [1.54, 1.807) is 13.3 Å². The van der Waals surface area contributed by atoms with E-state index in [9.17, 15) is 0 Å². The molecule has 0 aliphatic carbocycles. The van der Waals surface area contributed by atoms with Crippen LogP contribution in [0, 0.1) is 11.8 Å². The van der Waals surface area contributed by atoms with Gasteiger partial charge in [0.15, 0.2) is 0 Å². The van der Waals surface area contributed by atoms with E-state index in [0.29, 0.717) is 11.6 Å². The van der Waals surface area contributed by atoms with Crippen molar-refractivity contribution in [1.82, 2.24) is 0 Å². The molecular weight excluding hydrogens is 270 g/mol. The number of methoxy groups -OCH3 is 1. The quantitative estimate of drug-likeness (QED) is 0.620. The van der Waals surface area contributed by atoms with E-state index in [4.69, 9.17) is 16.3 Å². The average Bonchev–Trinajstić information content (AvgIpc) is 2.49. The number of rotatable bonds is 3. The molecule has 0 heterocycles. The highest BCUT2D eigenvalue weighted by molar-refractivity contribution is 6.33. The molecule has 0 saturated heterocycles. The van der Waals surface area contributed by atoms with E-state index in [1.165, 1.54) is 0 Å². The van der Waals surface area contributed by atoms with Crippen molar-refractivity contribution in [1.29, 1.82) is 0 Å². The summed E-state index contributed by atoms with van der Waals surface area (Å²) in [5.74, 6) is 6.87. The van der Waals surface area contributed by atoms with Crippen molar-refractivity contribution in [2.24, 2.45) is 4.99 Å². The molecule has 0 spiro atoms. The van der Waals surface area contributed by atoms with Crippen molar-refractivity contribution in [3.8, 4) is 17.6 Å². The Labute approximate surface area is 124 Å². The fourth-order valence-electron chi connectivity index (χ4n) is 1.59.